The third-order valence-electron chi connectivity index (χ3n) is 5.72. The van der Waals surface area contributed by atoms with Crippen molar-refractivity contribution in [3.05, 3.63) is 94.7 Å². The van der Waals surface area contributed by atoms with Crippen LogP contribution in [0.5, 0.6) is 5.75 Å². The molecule has 0 bridgehead atoms. The number of nitrogens with zero attached hydrogens (tertiary/aromatic N) is 1. The molecule has 0 aliphatic rings. The molecular formula is C27H25NO4S. The first-order valence-corrected chi connectivity index (χ1v) is 12.2. The number of pyridine rings is 1. The molecule has 0 unspecified atom stereocenters. The molecule has 33 heavy (non-hydrogen) atoms. The topological polar surface area (TPSA) is 73.3 Å². The number of aryl methyl sites for hydroxylation is 3. The highest BCUT2D eigenvalue weighted by atomic mass is 32.2. The number of rotatable bonds is 6. The lowest BCUT2D eigenvalue weighted by atomic mass is 10.0. The summed E-state index contributed by atoms with van der Waals surface area (Å²) in [7, 11) is -4.04. The van der Waals surface area contributed by atoms with Gasteiger partial charge in [0, 0.05) is 17.1 Å². The molecule has 0 aliphatic carbocycles. The number of ketones is 1. The lowest BCUT2D eigenvalue weighted by molar-refractivity contribution is 0.103. The zero-order chi connectivity index (χ0) is 23.8. The van der Waals surface area contributed by atoms with Gasteiger partial charge in [-0.15, -0.1) is 0 Å². The first kappa shape index (κ1) is 22.7. The van der Waals surface area contributed by atoms with Crippen LogP contribution in [0.1, 0.15) is 39.5 Å². The van der Waals surface area contributed by atoms with Gasteiger partial charge in [0.1, 0.15) is 5.75 Å². The molecule has 0 fully saturated rings. The highest BCUT2D eigenvalue weighted by Crippen LogP contribution is 2.34. The molecule has 0 N–H and O–H groups in total. The second-order valence-corrected chi connectivity index (χ2v) is 9.94. The van der Waals surface area contributed by atoms with E-state index in [0.29, 0.717) is 28.8 Å². The summed E-state index contributed by atoms with van der Waals surface area (Å²) in [5, 5.41) is 0.358. The summed E-state index contributed by atoms with van der Waals surface area (Å²) in [4.78, 5) is 18.0. The third-order valence-corrected chi connectivity index (χ3v) is 7.57. The Labute approximate surface area is 194 Å². The molecule has 0 spiro atoms. The van der Waals surface area contributed by atoms with E-state index < -0.39 is 15.6 Å². The van der Waals surface area contributed by atoms with Gasteiger partial charge in [0.2, 0.25) is 9.84 Å². The number of aromatic nitrogens is 1. The van der Waals surface area contributed by atoms with Crippen LogP contribution in [0.25, 0.3) is 10.9 Å². The summed E-state index contributed by atoms with van der Waals surface area (Å²) in [6.07, 6.45) is 1.36. The Morgan fingerprint density at radius 3 is 2.30 bits per heavy atom. The van der Waals surface area contributed by atoms with Crippen LogP contribution in [-0.2, 0) is 9.84 Å². The van der Waals surface area contributed by atoms with E-state index in [0.717, 1.165) is 16.7 Å². The summed E-state index contributed by atoms with van der Waals surface area (Å²) in [5.74, 6) is 0.122. The lowest BCUT2D eigenvalue weighted by Crippen LogP contribution is -2.13. The number of hydrogen-bond acceptors (Lipinski definition) is 5. The van der Waals surface area contributed by atoms with Gasteiger partial charge in [-0.25, -0.2) is 8.42 Å². The smallest absolute Gasteiger partial charge is 0.208 e. The minimum absolute atomic E-state index is 0.0400. The Bertz CT molecular complexity index is 1470. The third kappa shape index (κ3) is 4.26. The molecule has 168 valence electrons. The minimum Gasteiger partial charge on any atom is -0.494 e. The molecule has 0 saturated heterocycles. The monoisotopic (exact) mass is 459 g/mol. The number of fused-ring (bicyclic) bond motifs is 1. The van der Waals surface area contributed by atoms with E-state index in [1.54, 1.807) is 48.5 Å². The molecule has 0 atom stereocenters. The van der Waals surface area contributed by atoms with E-state index in [-0.39, 0.29) is 15.4 Å². The van der Waals surface area contributed by atoms with Crippen molar-refractivity contribution in [3.63, 3.8) is 0 Å². The highest BCUT2D eigenvalue weighted by molar-refractivity contribution is 7.91. The van der Waals surface area contributed by atoms with Gasteiger partial charge in [0.25, 0.3) is 0 Å². The molecule has 0 aliphatic heterocycles. The molecule has 0 saturated carbocycles. The molecule has 3 aromatic carbocycles. The van der Waals surface area contributed by atoms with Crippen LogP contribution in [0.15, 0.2) is 76.7 Å². The van der Waals surface area contributed by atoms with Crippen LogP contribution in [-0.4, -0.2) is 25.8 Å². The zero-order valence-corrected chi connectivity index (χ0v) is 19.9. The maximum Gasteiger partial charge on any atom is 0.208 e. The fourth-order valence-electron chi connectivity index (χ4n) is 3.71. The van der Waals surface area contributed by atoms with E-state index in [1.165, 1.54) is 6.20 Å². The van der Waals surface area contributed by atoms with Crippen LogP contribution in [0, 0.1) is 20.8 Å². The van der Waals surface area contributed by atoms with Crippen molar-refractivity contribution in [2.45, 2.75) is 37.5 Å². The average Bonchev–Trinajstić information content (AvgIpc) is 2.80. The first-order valence-electron chi connectivity index (χ1n) is 10.7. The predicted octanol–water partition coefficient (Wildman–Crippen LogP) is 5.62. The molecule has 4 rings (SSSR count). The van der Waals surface area contributed by atoms with Gasteiger partial charge >= 0.3 is 0 Å². The molecule has 0 amide bonds. The Hall–Kier alpha value is -3.51. The van der Waals surface area contributed by atoms with Crippen molar-refractivity contribution < 1.29 is 17.9 Å². The Morgan fingerprint density at radius 1 is 0.909 bits per heavy atom. The summed E-state index contributed by atoms with van der Waals surface area (Å²) in [6, 6.07) is 17.1. The number of carbonyl (C=O) groups is 1. The number of benzene rings is 3. The van der Waals surface area contributed by atoms with Crippen molar-refractivity contribution >= 4 is 26.5 Å². The van der Waals surface area contributed by atoms with E-state index >= 15 is 0 Å². The van der Waals surface area contributed by atoms with Crippen LogP contribution in [0.3, 0.4) is 0 Å². The van der Waals surface area contributed by atoms with Crippen molar-refractivity contribution in [3.8, 4) is 5.75 Å². The Kier molecular flexibility index (Phi) is 6.04. The number of sulfone groups is 1. The zero-order valence-electron chi connectivity index (χ0n) is 19.0. The maximum absolute atomic E-state index is 14.0. The summed E-state index contributed by atoms with van der Waals surface area (Å²) in [5.41, 5.74) is 3.77. The first-order chi connectivity index (χ1) is 15.7. The van der Waals surface area contributed by atoms with Crippen LogP contribution < -0.4 is 4.74 Å². The van der Waals surface area contributed by atoms with Gasteiger partial charge in [-0.2, -0.15) is 0 Å². The number of carbonyl (C=O) groups excluding carboxylic acids is 1. The van der Waals surface area contributed by atoms with Crippen LogP contribution in [0.2, 0.25) is 0 Å². The van der Waals surface area contributed by atoms with Gasteiger partial charge in [-0.05, 0) is 69.2 Å². The Morgan fingerprint density at radius 2 is 1.64 bits per heavy atom. The van der Waals surface area contributed by atoms with Crippen molar-refractivity contribution in [1.82, 2.24) is 4.98 Å². The Balaban J connectivity index is 2.04. The normalized spacial score (nSPS) is 11.5. The summed E-state index contributed by atoms with van der Waals surface area (Å²) >= 11 is 0. The van der Waals surface area contributed by atoms with Crippen molar-refractivity contribution in [2.24, 2.45) is 0 Å². The molecule has 4 aromatic rings. The highest BCUT2D eigenvalue weighted by Gasteiger charge is 2.29. The molecule has 6 heteroatoms. The second kappa shape index (κ2) is 8.79. The van der Waals surface area contributed by atoms with Crippen molar-refractivity contribution in [1.29, 1.82) is 0 Å². The fourth-order valence-corrected chi connectivity index (χ4v) is 5.42. The lowest BCUT2D eigenvalue weighted by Gasteiger charge is -2.15. The van der Waals surface area contributed by atoms with E-state index in [4.69, 9.17) is 4.74 Å². The van der Waals surface area contributed by atoms with Gasteiger partial charge in [-0.1, -0.05) is 35.9 Å². The quantitative estimate of drug-likeness (QED) is 0.350. The number of ether oxygens (including phenoxy) is 1. The second-order valence-electron chi connectivity index (χ2n) is 8.06. The maximum atomic E-state index is 14.0. The summed E-state index contributed by atoms with van der Waals surface area (Å²) < 4.78 is 33.6. The van der Waals surface area contributed by atoms with Gasteiger partial charge in [0.15, 0.2) is 5.78 Å². The molecule has 5 nitrogen and oxygen atoms in total. The molecule has 0 radical (unpaired) electrons. The van der Waals surface area contributed by atoms with E-state index in [9.17, 15) is 13.2 Å². The van der Waals surface area contributed by atoms with E-state index in [2.05, 4.69) is 4.98 Å². The minimum atomic E-state index is -4.04. The van der Waals surface area contributed by atoms with Gasteiger partial charge in [-0.3, -0.25) is 9.78 Å². The fraction of sp³-hybridized carbons (Fsp3) is 0.185. The molecule has 1 aromatic heterocycles. The standard InChI is InChI=1S/C27H25NO4S/c1-5-32-21-11-13-25-23(15-21)27(33(30,31)22-12-8-18(3)19(4)14-22)24(16-28-25)26(29)20-9-6-17(2)7-10-20/h6-16H,5H2,1-4H3. The largest absolute Gasteiger partial charge is 0.494 e. The summed E-state index contributed by atoms with van der Waals surface area (Å²) in [6.45, 7) is 8.00. The average molecular weight is 460 g/mol. The SMILES string of the molecule is CCOc1ccc2ncc(C(=O)c3ccc(C)cc3)c(S(=O)(=O)c3ccc(C)c(C)c3)c2c1. The molecular weight excluding hydrogens is 434 g/mol. The van der Waals surface area contributed by atoms with Crippen LogP contribution in [0.4, 0.5) is 0 Å². The van der Waals surface area contributed by atoms with Gasteiger partial charge < -0.3 is 4.74 Å². The van der Waals surface area contributed by atoms with Crippen LogP contribution >= 0.6 is 0 Å². The van der Waals surface area contributed by atoms with Gasteiger partial charge in [0.05, 0.1) is 27.5 Å². The predicted molar refractivity (Wildman–Crippen MR) is 129 cm³/mol. The van der Waals surface area contributed by atoms with E-state index in [1.807, 2.05) is 39.8 Å². The number of hydrogen-bond donors (Lipinski definition) is 0. The van der Waals surface area contributed by atoms with Crippen molar-refractivity contribution in [2.75, 3.05) is 6.61 Å². The molecule has 1 heterocycles.